The summed E-state index contributed by atoms with van der Waals surface area (Å²) < 4.78 is 1.69. The first-order chi connectivity index (χ1) is 8.15. The molecule has 2 rings (SSSR count). The normalized spacial score (nSPS) is 10.5. The lowest BCUT2D eigenvalue weighted by atomic mass is 10.3. The molecule has 90 valence electrons. The van der Waals surface area contributed by atoms with Crippen LogP contribution < -0.4 is 5.32 Å². The number of pyridine rings is 1. The highest BCUT2D eigenvalue weighted by atomic mass is 79.9. The van der Waals surface area contributed by atoms with Crippen molar-refractivity contribution < 1.29 is 0 Å². The third-order valence-corrected chi connectivity index (χ3v) is 4.20. The first kappa shape index (κ1) is 13.1. The van der Waals surface area contributed by atoms with E-state index in [1.807, 2.05) is 18.2 Å². The van der Waals surface area contributed by atoms with E-state index in [2.05, 4.69) is 26.2 Å². The molecule has 0 aliphatic carbocycles. The van der Waals surface area contributed by atoms with E-state index in [0.29, 0.717) is 5.02 Å². The Hall–Kier alpha value is -0.290. The molecular weight excluding hydrogens is 343 g/mol. The largest absolute Gasteiger partial charge is 0.369 e. The Kier molecular flexibility index (Phi) is 4.68. The summed E-state index contributed by atoms with van der Waals surface area (Å²) >= 11 is 16.7. The van der Waals surface area contributed by atoms with Crippen LogP contribution in [0.4, 0.5) is 5.82 Å². The number of anilines is 1. The van der Waals surface area contributed by atoms with Crippen molar-refractivity contribution in [1.82, 2.24) is 4.98 Å². The number of aromatic nitrogens is 1. The second-order valence-corrected chi connectivity index (χ2v) is 6.46. The summed E-state index contributed by atoms with van der Waals surface area (Å²) in [6.07, 6.45) is 2.55. The zero-order valence-electron chi connectivity index (χ0n) is 8.71. The number of hydrogen-bond acceptors (Lipinski definition) is 3. The lowest BCUT2D eigenvalue weighted by Gasteiger charge is -2.06. The van der Waals surface area contributed by atoms with Crippen LogP contribution in [0.15, 0.2) is 28.9 Å². The molecule has 6 heteroatoms. The van der Waals surface area contributed by atoms with E-state index in [1.54, 1.807) is 17.5 Å². The van der Waals surface area contributed by atoms with E-state index in [-0.39, 0.29) is 0 Å². The minimum Gasteiger partial charge on any atom is -0.369 e. The maximum Gasteiger partial charge on any atom is 0.140 e. The summed E-state index contributed by atoms with van der Waals surface area (Å²) in [4.78, 5) is 5.46. The van der Waals surface area contributed by atoms with Crippen LogP contribution in [0.3, 0.4) is 0 Å². The van der Waals surface area contributed by atoms with E-state index in [9.17, 15) is 0 Å². The summed E-state index contributed by atoms with van der Waals surface area (Å²) in [5.74, 6) is 0.803. The molecule has 2 nitrogen and oxygen atoms in total. The molecule has 2 aromatic heterocycles. The fraction of sp³-hybridized carbons (Fsp3) is 0.182. The standard InChI is InChI=1S/C11H9BrCl2N2S/c12-9-5-7(13)6-16-11(9)15-4-3-8-1-2-10(14)17-8/h1-2,5-6H,3-4H2,(H,15,16). The Morgan fingerprint density at radius 2 is 2.18 bits per heavy atom. The minimum atomic E-state index is 0.618. The molecule has 0 atom stereocenters. The highest BCUT2D eigenvalue weighted by Gasteiger charge is 2.02. The fourth-order valence-electron chi connectivity index (χ4n) is 1.33. The monoisotopic (exact) mass is 350 g/mol. The second-order valence-electron chi connectivity index (χ2n) is 3.37. The minimum absolute atomic E-state index is 0.618. The van der Waals surface area contributed by atoms with E-state index < -0.39 is 0 Å². The number of rotatable bonds is 4. The Morgan fingerprint density at radius 1 is 1.35 bits per heavy atom. The van der Waals surface area contributed by atoms with Crippen LogP contribution >= 0.6 is 50.5 Å². The van der Waals surface area contributed by atoms with Crippen molar-refractivity contribution in [2.75, 3.05) is 11.9 Å². The van der Waals surface area contributed by atoms with Crippen molar-refractivity contribution >= 4 is 56.3 Å². The molecule has 0 fully saturated rings. The van der Waals surface area contributed by atoms with E-state index in [4.69, 9.17) is 23.2 Å². The zero-order valence-corrected chi connectivity index (χ0v) is 12.6. The van der Waals surface area contributed by atoms with Gasteiger partial charge in [0.25, 0.3) is 0 Å². The molecule has 2 aromatic rings. The van der Waals surface area contributed by atoms with Crippen LogP contribution in [0.25, 0.3) is 0 Å². The Balaban J connectivity index is 1.90. The summed E-state index contributed by atoms with van der Waals surface area (Å²) in [5, 5.41) is 3.86. The molecule has 17 heavy (non-hydrogen) atoms. The highest BCUT2D eigenvalue weighted by molar-refractivity contribution is 9.10. The summed E-state index contributed by atoms with van der Waals surface area (Å²) in [6, 6.07) is 5.77. The van der Waals surface area contributed by atoms with Crippen molar-refractivity contribution in [3.63, 3.8) is 0 Å². The predicted octanol–water partition coefficient (Wildman–Crippen LogP) is 4.87. The Labute approximate surface area is 122 Å². The third-order valence-electron chi connectivity index (χ3n) is 2.10. The van der Waals surface area contributed by atoms with Gasteiger partial charge in [-0.2, -0.15) is 0 Å². The van der Waals surface area contributed by atoms with Gasteiger partial charge in [0, 0.05) is 17.6 Å². The maximum atomic E-state index is 5.86. The lowest BCUT2D eigenvalue weighted by molar-refractivity contribution is 1.03. The van der Waals surface area contributed by atoms with Crippen LogP contribution in [0.2, 0.25) is 9.36 Å². The van der Waals surface area contributed by atoms with E-state index in [0.717, 1.165) is 27.6 Å². The van der Waals surface area contributed by atoms with Gasteiger partial charge >= 0.3 is 0 Å². The fourth-order valence-corrected chi connectivity index (χ4v) is 3.20. The van der Waals surface area contributed by atoms with Crippen LogP contribution in [0, 0.1) is 0 Å². The molecular formula is C11H9BrCl2N2S. The molecule has 0 amide bonds. The van der Waals surface area contributed by atoms with Crippen LogP contribution in [-0.2, 0) is 6.42 Å². The third kappa shape index (κ3) is 3.85. The van der Waals surface area contributed by atoms with Crippen molar-refractivity contribution in [3.05, 3.63) is 43.1 Å². The first-order valence-electron chi connectivity index (χ1n) is 4.94. The van der Waals surface area contributed by atoms with Gasteiger partial charge in [-0.25, -0.2) is 4.98 Å². The van der Waals surface area contributed by atoms with Crippen LogP contribution in [-0.4, -0.2) is 11.5 Å². The van der Waals surface area contributed by atoms with Gasteiger partial charge in [0.2, 0.25) is 0 Å². The molecule has 2 heterocycles. The molecule has 0 aliphatic rings. The average Bonchev–Trinajstić information content (AvgIpc) is 2.68. The molecule has 0 radical (unpaired) electrons. The number of halogens is 3. The van der Waals surface area contributed by atoms with Gasteiger partial charge in [-0.15, -0.1) is 11.3 Å². The second kappa shape index (κ2) is 6.05. The van der Waals surface area contributed by atoms with Crippen molar-refractivity contribution in [2.24, 2.45) is 0 Å². The molecule has 0 saturated heterocycles. The van der Waals surface area contributed by atoms with Crippen LogP contribution in [0.1, 0.15) is 4.88 Å². The average molecular weight is 352 g/mol. The van der Waals surface area contributed by atoms with Crippen molar-refractivity contribution in [1.29, 1.82) is 0 Å². The lowest BCUT2D eigenvalue weighted by Crippen LogP contribution is -2.05. The first-order valence-corrected chi connectivity index (χ1v) is 7.31. The maximum absolute atomic E-state index is 5.86. The zero-order chi connectivity index (χ0) is 12.3. The van der Waals surface area contributed by atoms with Gasteiger partial charge in [-0.3, -0.25) is 0 Å². The summed E-state index contributed by atoms with van der Waals surface area (Å²) in [6.45, 7) is 0.810. The predicted molar refractivity (Wildman–Crippen MR) is 78.5 cm³/mol. The summed E-state index contributed by atoms with van der Waals surface area (Å²) in [5.41, 5.74) is 0. The van der Waals surface area contributed by atoms with E-state index in [1.165, 1.54) is 4.88 Å². The molecule has 1 N–H and O–H groups in total. The van der Waals surface area contributed by atoms with Gasteiger partial charge in [0.05, 0.1) is 13.8 Å². The molecule has 0 aliphatic heterocycles. The van der Waals surface area contributed by atoms with Gasteiger partial charge in [0.15, 0.2) is 0 Å². The number of hydrogen-bond donors (Lipinski definition) is 1. The number of nitrogens with zero attached hydrogens (tertiary/aromatic N) is 1. The molecule has 0 spiro atoms. The van der Waals surface area contributed by atoms with E-state index >= 15 is 0 Å². The number of thiophene rings is 1. The quantitative estimate of drug-likeness (QED) is 0.850. The van der Waals surface area contributed by atoms with Gasteiger partial charge in [-0.05, 0) is 40.5 Å². The van der Waals surface area contributed by atoms with Gasteiger partial charge in [-0.1, -0.05) is 23.2 Å². The molecule has 0 aromatic carbocycles. The topological polar surface area (TPSA) is 24.9 Å². The van der Waals surface area contributed by atoms with Gasteiger partial charge < -0.3 is 5.32 Å². The van der Waals surface area contributed by atoms with Crippen LogP contribution in [0.5, 0.6) is 0 Å². The SMILES string of the molecule is Clc1cnc(NCCc2ccc(Cl)s2)c(Br)c1. The van der Waals surface area contributed by atoms with Gasteiger partial charge in [0.1, 0.15) is 5.82 Å². The van der Waals surface area contributed by atoms with Crippen molar-refractivity contribution in [2.45, 2.75) is 6.42 Å². The number of nitrogens with one attached hydrogen (secondary N) is 1. The molecule has 0 bridgehead atoms. The van der Waals surface area contributed by atoms with Crippen molar-refractivity contribution in [3.8, 4) is 0 Å². The Bertz CT molecular complexity index is 516. The summed E-state index contributed by atoms with van der Waals surface area (Å²) in [7, 11) is 0. The Morgan fingerprint density at radius 3 is 2.82 bits per heavy atom. The smallest absolute Gasteiger partial charge is 0.140 e. The highest BCUT2D eigenvalue weighted by Crippen LogP contribution is 2.24. The molecule has 0 saturated carbocycles. The molecule has 0 unspecified atom stereocenters.